The number of para-hydroxylation sites is 1. The van der Waals surface area contributed by atoms with E-state index in [-0.39, 0.29) is 5.56 Å². The fourth-order valence-corrected chi connectivity index (χ4v) is 4.15. The average molecular weight is 370 g/mol. The third-order valence-corrected chi connectivity index (χ3v) is 5.55. The molecule has 1 aliphatic heterocycles. The van der Waals surface area contributed by atoms with Crippen LogP contribution in [0.3, 0.4) is 0 Å². The molecule has 0 unspecified atom stereocenters. The minimum absolute atomic E-state index is 0.0530. The summed E-state index contributed by atoms with van der Waals surface area (Å²) >= 11 is 0. The summed E-state index contributed by atoms with van der Waals surface area (Å²) < 4.78 is 1.86. The van der Waals surface area contributed by atoms with Crippen LogP contribution in [-0.2, 0) is 13.1 Å². The van der Waals surface area contributed by atoms with Crippen molar-refractivity contribution >= 4 is 21.7 Å². The Kier molecular flexibility index (Phi) is 4.19. The van der Waals surface area contributed by atoms with Gasteiger partial charge in [-0.2, -0.15) is 0 Å². The van der Waals surface area contributed by atoms with Crippen molar-refractivity contribution in [2.45, 2.75) is 19.5 Å². The van der Waals surface area contributed by atoms with E-state index in [0.29, 0.717) is 13.1 Å². The Bertz CT molecular complexity index is 1260. The smallest absolute Gasteiger partial charge is 0.259 e. The minimum Gasteiger partial charge on any atom is -0.330 e. The maximum Gasteiger partial charge on any atom is 0.259 e. The first-order valence-electron chi connectivity index (χ1n) is 9.72. The van der Waals surface area contributed by atoms with Gasteiger partial charge in [-0.05, 0) is 48.7 Å². The van der Waals surface area contributed by atoms with Crippen LogP contribution < -0.4 is 16.6 Å². The molecule has 0 saturated heterocycles. The minimum atomic E-state index is 0.0530. The van der Waals surface area contributed by atoms with E-state index < -0.39 is 0 Å². The van der Waals surface area contributed by atoms with Crippen molar-refractivity contribution in [1.82, 2.24) is 14.9 Å². The summed E-state index contributed by atoms with van der Waals surface area (Å²) in [6.07, 6.45) is 0.941. The third kappa shape index (κ3) is 2.63. The number of aromatic nitrogens is 2. The molecule has 0 spiro atoms. The Morgan fingerprint density at radius 1 is 1.07 bits per heavy atom. The maximum atomic E-state index is 13.1. The summed E-state index contributed by atoms with van der Waals surface area (Å²) in [6.45, 7) is 2.86. The molecule has 3 heterocycles. The van der Waals surface area contributed by atoms with E-state index in [1.807, 2.05) is 47.0 Å². The van der Waals surface area contributed by atoms with Crippen LogP contribution in [-0.4, -0.2) is 22.6 Å². The number of pyridine rings is 2. The predicted octanol–water partition coefficient (Wildman–Crippen LogP) is 3.02. The van der Waals surface area contributed by atoms with Gasteiger partial charge in [0, 0.05) is 22.9 Å². The van der Waals surface area contributed by atoms with Crippen LogP contribution in [0.1, 0.15) is 17.5 Å². The topological polar surface area (TPSA) is 72.9 Å². The predicted molar refractivity (Wildman–Crippen MR) is 113 cm³/mol. The van der Waals surface area contributed by atoms with Crippen molar-refractivity contribution in [3.63, 3.8) is 0 Å². The SMILES string of the molecule is NCCCNCc1c2c(nc3ccccc13)-c1cc3ccccc3c(=O)n1C2. The molecule has 4 aromatic rings. The zero-order valence-electron chi connectivity index (χ0n) is 15.6. The monoisotopic (exact) mass is 370 g/mol. The highest BCUT2D eigenvalue weighted by atomic mass is 16.1. The Morgan fingerprint density at radius 2 is 1.86 bits per heavy atom. The molecule has 2 aromatic carbocycles. The largest absolute Gasteiger partial charge is 0.330 e. The molecule has 2 aromatic heterocycles. The van der Waals surface area contributed by atoms with Crippen molar-refractivity contribution in [2.24, 2.45) is 5.73 Å². The molecule has 5 nitrogen and oxygen atoms in total. The van der Waals surface area contributed by atoms with E-state index in [1.54, 1.807) is 0 Å². The average Bonchev–Trinajstić information content (AvgIpc) is 3.09. The van der Waals surface area contributed by atoms with Gasteiger partial charge in [0.05, 0.1) is 23.4 Å². The molecule has 0 saturated carbocycles. The van der Waals surface area contributed by atoms with Crippen molar-refractivity contribution in [1.29, 1.82) is 0 Å². The van der Waals surface area contributed by atoms with Gasteiger partial charge in [0.2, 0.25) is 0 Å². The normalized spacial score (nSPS) is 12.5. The summed E-state index contributed by atoms with van der Waals surface area (Å²) in [6, 6.07) is 18.1. The summed E-state index contributed by atoms with van der Waals surface area (Å²) in [4.78, 5) is 18.0. The number of nitrogens with one attached hydrogen (secondary N) is 1. The molecule has 0 amide bonds. The molecule has 0 bridgehead atoms. The van der Waals surface area contributed by atoms with Crippen LogP contribution in [0.4, 0.5) is 0 Å². The first-order chi connectivity index (χ1) is 13.8. The second-order valence-electron chi connectivity index (χ2n) is 7.26. The molecule has 5 heteroatoms. The number of nitrogens with zero attached hydrogens (tertiary/aromatic N) is 2. The molecule has 0 atom stereocenters. The molecule has 0 radical (unpaired) electrons. The van der Waals surface area contributed by atoms with Gasteiger partial charge >= 0.3 is 0 Å². The van der Waals surface area contributed by atoms with Gasteiger partial charge in [0.25, 0.3) is 5.56 Å². The van der Waals surface area contributed by atoms with E-state index in [9.17, 15) is 4.79 Å². The molecular weight excluding hydrogens is 348 g/mol. The number of fused-ring (bicyclic) bond motifs is 5. The number of rotatable bonds is 5. The Hall–Kier alpha value is -3.02. The lowest BCUT2D eigenvalue weighted by Crippen LogP contribution is -2.20. The van der Waals surface area contributed by atoms with Gasteiger partial charge in [-0.25, -0.2) is 4.98 Å². The Balaban J connectivity index is 1.71. The molecule has 28 heavy (non-hydrogen) atoms. The van der Waals surface area contributed by atoms with Gasteiger partial charge in [-0.3, -0.25) is 4.79 Å². The van der Waals surface area contributed by atoms with Crippen molar-refractivity contribution < 1.29 is 0 Å². The quantitative estimate of drug-likeness (QED) is 0.467. The van der Waals surface area contributed by atoms with Crippen LogP contribution in [0.2, 0.25) is 0 Å². The van der Waals surface area contributed by atoms with E-state index in [1.165, 1.54) is 5.56 Å². The second-order valence-corrected chi connectivity index (χ2v) is 7.26. The van der Waals surface area contributed by atoms with Crippen molar-refractivity contribution in [2.75, 3.05) is 13.1 Å². The molecule has 0 fully saturated rings. The molecule has 0 aliphatic carbocycles. The molecule has 5 rings (SSSR count). The van der Waals surface area contributed by atoms with E-state index in [2.05, 4.69) is 17.4 Å². The van der Waals surface area contributed by atoms with Crippen LogP contribution in [0.5, 0.6) is 0 Å². The van der Waals surface area contributed by atoms with Crippen LogP contribution in [0, 0.1) is 0 Å². The first-order valence-corrected chi connectivity index (χ1v) is 9.72. The van der Waals surface area contributed by atoms with Gasteiger partial charge < -0.3 is 15.6 Å². The maximum absolute atomic E-state index is 13.1. The molecule has 3 N–H and O–H groups in total. The lowest BCUT2D eigenvalue weighted by atomic mass is 10.00. The van der Waals surface area contributed by atoms with E-state index in [4.69, 9.17) is 10.7 Å². The standard InChI is InChI=1S/C23H22N4O/c24-10-5-11-25-13-18-17-8-3-4-9-20(17)26-22-19(18)14-27-21(22)12-15-6-1-2-7-16(15)23(27)28/h1-4,6-9,12,25H,5,10-11,13-14,24H2. The van der Waals surface area contributed by atoms with Crippen molar-refractivity contribution in [3.05, 3.63) is 76.1 Å². The fraction of sp³-hybridized carbons (Fsp3) is 0.217. The summed E-state index contributed by atoms with van der Waals surface area (Å²) in [7, 11) is 0. The molecule has 1 aliphatic rings. The number of hydrogen-bond donors (Lipinski definition) is 2. The van der Waals surface area contributed by atoms with Crippen molar-refractivity contribution in [3.8, 4) is 11.4 Å². The molecular formula is C23H22N4O. The number of benzene rings is 2. The molecule has 140 valence electrons. The Morgan fingerprint density at radius 3 is 2.71 bits per heavy atom. The zero-order valence-corrected chi connectivity index (χ0v) is 15.6. The third-order valence-electron chi connectivity index (χ3n) is 5.55. The fourth-order valence-electron chi connectivity index (χ4n) is 4.15. The lowest BCUT2D eigenvalue weighted by molar-refractivity contribution is 0.652. The van der Waals surface area contributed by atoms with Gasteiger partial charge in [-0.15, -0.1) is 0 Å². The summed E-state index contributed by atoms with van der Waals surface area (Å²) in [5.74, 6) is 0. The highest BCUT2D eigenvalue weighted by molar-refractivity contribution is 5.91. The van der Waals surface area contributed by atoms with Crippen LogP contribution in [0.25, 0.3) is 33.1 Å². The van der Waals surface area contributed by atoms with Gasteiger partial charge in [-0.1, -0.05) is 36.4 Å². The van der Waals surface area contributed by atoms with Gasteiger partial charge in [0.1, 0.15) is 0 Å². The summed E-state index contributed by atoms with van der Waals surface area (Å²) in [5, 5.41) is 6.37. The van der Waals surface area contributed by atoms with E-state index >= 15 is 0 Å². The van der Waals surface area contributed by atoms with E-state index in [0.717, 1.165) is 58.1 Å². The van der Waals surface area contributed by atoms with Crippen LogP contribution in [0.15, 0.2) is 59.4 Å². The highest BCUT2D eigenvalue weighted by Gasteiger charge is 2.26. The number of nitrogens with two attached hydrogens (primary N) is 1. The van der Waals surface area contributed by atoms with Gasteiger partial charge in [0.15, 0.2) is 0 Å². The highest BCUT2D eigenvalue weighted by Crippen LogP contribution is 2.36. The zero-order chi connectivity index (χ0) is 19.1. The Labute approximate surface area is 162 Å². The second kappa shape index (κ2) is 6.86. The lowest BCUT2D eigenvalue weighted by Gasteiger charge is -2.13. The number of hydrogen-bond acceptors (Lipinski definition) is 4. The first kappa shape index (κ1) is 17.1. The summed E-state index contributed by atoms with van der Waals surface area (Å²) in [5.41, 5.74) is 10.8. The van der Waals surface area contributed by atoms with Crippen LogP contribution >= 0.6 is 0 Å².